The largest absolute Gasteiger partial charge is 0.367 e. The van der Waals surface area contributed by atoms with E-state index in [9.17, 15) is 0 Å². The Morgan fingerprint density at radius 1 is 1.44 bits per heavy atom. The minimum atomic E-state index is 0.286. The Kier molecular flexibility index (Phi) is 3.44. The molecular formula is C13H21N3. The van der Waals surface area contributed by atoms with E-state index in [4.69, 9.17) is 0 Å². The third-order valence-electron chi connectivity index (χ3n) is 3.74. The molecule has 0 bridgehead atoms. The van der Waals surface area contributed by atoms with Crippen molar-refractivity contribution in [3.63, 3.8) is 0 Å². The summed E-state index contributed by atoms with van der Waals surface area (Å²) in [5.41, 5.74) is 1.53. The maximum Gasteiger partial charge on any atom is 0.0553 e. The summed E-state index contributed by atoms with van der Waals surface area (Å²) in [7, 11) is 0. The first-order chi connectivity index (χ1) is 7.79. The Morgan fingerprint density at radius 2 is 2.25 bits per heavy atom. The average molecular weight is 219 g/mol. The van der Waals surface area contributed by atoms with Crippen LogP contribution in [0.3, 0.4) is 0 Å². The molecule has 1 aromatic heterocycles. The fourth-order valence-electron chi connectivity index (χ4n) is 2.44. The van der Waals surface area contributed by atoms with Crippen LogP contribution < -0.4 is 10.2 Å². The van der Waals surface area contributed by atoms with Gasteiger partial charge in [-0.3, -0.25) is 4.98 Å². The molecule has 0 aromatic carbocycles. The molecular weight excluding hydrogens is 198 g/mol. The zero-order valence-electron chi connectivity index (χ0n) is 10.2. The highest BCUT2D eigenvalue weighted by Crippen LogP contribution is 2.23. The van der Waals surface area contributed by atoms with Gasteiger partial charge in [-0.25, -0.2) is 0 Å². The van der Waals surface area contributed by atoms with Crippen LogP contribution in [0.5, 0.6) is 0 Å². The fraction of sp³-hybridized carbons (Fsp3) is 0.615. The van der Waals surface area contributed by atoms with Crippen LogP contribution in [-0.2, 0) is 0 Å². The van der Waals surface area contributed by atoms with Crippen LogP contribution in [0.1, 0.15) is 26.7 Å². The van der Waals surface area contributed by atoms with Crippen molar-refractivity contribution < 1.29 is 0 Å². The lowest BCUT2D eigenvalue weighted by Gasteiger charge is -2.44. The van der Waals surface area contributed by atoms with Gasteiger partial charge in [0.25, 0.3) is 0 Å². The summed E-state index contributed by atoms with van der Waals surface area (Å²) in [6.07, 6.45) is 6.15. The van der Waals surface area contributed by atoms with Gasteiger partial charge in [-0.1, -0.05) is 13.8 Å². The molecule has 3 heteroatoms. The minimum absolute atomic E-state index is 0.286. The van der Waals surface area contributed by atoms with E-state index in [0.717, 1.165) is 19.6 Å². The lowest BCUT2D eigenvalue weighted by Crippen LogP contribution is -2.60. The first kappa shape index (κ1) is 11.4. The zero-order valence-corrected chi connectivity index (χ0v) is 10.2. The molecule has 0 saturated carbocycles. The number of pyridine rings is 1. The van der Waals surface area contributed by atoms with Gasteiger partial charge in [-0.2, -0.15) is 0 Å². The SMILES string of the molecule is CCC1(CC)CN(c2cccnc2)CCN1. The summed E-state index contributed by atoms with van der Waals surface area (Å²) in [6.45, 7) is 7.77. The molecule has 2 heterocycles. The molecule has 0 radical (unpaired) electrons. The monoisotopic (exact) mass is 219 g/mol. The maximum absolute atomic E-state index is 4.20. The second-order valence-corrected chi connectivity index (χ2v) is 4.55. The Labute approximate surface area is 97.9 Å². The first-order valence-corrected chi connectivity index (χ1v) is 6.19. The molecule has 1 saturated heterocycles. The number of rotatable bonds is 3. The van der Waals surface area contributed by atoms with Crippen molar-refractivity contribution >= 4 is 5.69 Å². The molecule has 1 fully saturated rings. The van der Waals surface area contributed by atoms with E-state index < -0.39 is 0 Å². The molecule has 1 aliphatic heterocycles. The van der Waals surface area contributed by atoms with Gasteiger partial charge in [0, 0.05) is 31.4 Å². The third-order valence-corrected chi connectivity index (χ3v) is 3.74. The predicted octanol–water partition coefficient (Wildman–Crippen LogP) is 2.05. The zero-order chi connectivity index (χ0) is 11.4. The quantitative estimate of drug-likeness (QED) is 0.843. The number of nitrogens with one attached hydrogen (secondary N) is 1. The van der Waals surface area contributed by atoms with E-state index in [1.54, 1.807) is 0 Å². The van der Waals surface area contributed by atoms with Crippen molar-refractivity contribution in [3.8, 4) is 0 Å². The first-order valence-electron chi connectivity index (χ1n) is 6.19. The topological polar surface area (TPSA) is 28.2 Å². The number of piperazine rings is 1. The summed E-state index contributed by atoms with van der Waals surface area (Å²) < 4.78 is 0. The van der Waals surface area contributed by atoms with Gasteiger partial charge in [-0.15, -0.1) is 0 Å². The lowest BCUT2D eigenvalue weighted by molar-refractivity contribution is 0.277. The van der Waals surface area contributed by atoms with Crippen molar-refractivity contribution in [3.05, 3.63) is 24.5 Å². The van der Waals surface area contributed by atoms with Crippen molar-refractivity contribution in [2.45, 2.75) is 32.2 Å². The highest BCUT2D eigenvalue weighted by Gasteiger charge is 2.31. The summed E-state index contributed by atoms with van der Waals surface area (Å²) in [5, 5.41) is 3.67. The molecule has 16 heavy (non-hydrogen) atoms. The van der Waals surface area contributed by atoms with Crippen LogP contribution in [0, 0.1) is 0 Å². The van der Waals surface area contributed by atoms with E-state index >= 15 is 0 Å². The summed E-state index contributed by atoms with van der Waals surface area (Å²) in [5.74, 6) is 0. The molecule has 0 unspecified atom stereocenters. The fourth-order valence-corrected chi connectivity index (χ4v) is 2.44. The molecule has 1 aliphatic rings. The molecule has 1 aromatic rings. The van der Waals surface area contributed by atoms with Gasteiger partial charge < -0.3 is 10.2 Å². The molecule has 88 valence electrons. The van der Waals surface area contributed by atoms with Crippen LogP contribution in [0.15, 0.2) is 24.5 Å². The normalized spacial score (nSPS) is 19.8. The number of aromatic nitrogens is 1. The van der Waals surface area contributed by atoms with Crippen LogP contribution >= 0.6 is 0 Å². The summed E-state index contributed by atoms with van der Waals surface area (Å²) in [6, 6.07) is 4.16. The van der Waals surface area contributed by atoms with E-state index in [0.29, 0.717) is 0 Å². The van der Waals surface area contributed by atoms with Crippen LogP contribution in [-0.4, -0.2) is 30.2 Å². The molecule has 2 rings (SSSR count). The van der Waals surface area contributed by atoms with E-state index in [1.165, 1.54) is 18.5 Å². The molecule has 1 N–H and O–H groups in total. The van der Waals surface area contributed by atoms with E-state index in [2.05, 4.69) is 35.1 Å². The van der Waals surface area contributed by atoms with Gasteiger partial charge in [-0.05, 0) is 25.0 Å². The highest BCUT2D eigenvalue weighted by atomic mass is 15.2. The van der Waals surface area contributed by atoms with Crippen LogP contribution in [0.2, 0.25) is 0 Å². The Balaban J connectivity index is 2.13. The van der Waals surface area contributed by atoms with Gasteiger partial charge in [0.15, 0.2) is 0 Å². The maximum atomic E-state index is 4.20. The summed E-state index contributed by atoms with van der Waals surface area (Å²) >= 11 is 0. The van der Waals surface area contributed by atoms with Crippen molar-refractivity contribution in [1.29, 1.82) is 0 Å². The molecule has 0 atom stereocenters. The summed E-state index contributed by atoms with van der Waals surface area (Å²) in [4.78, 5) is 6.64. The van der Waals surface area contributed by atoms with Crippen LogP contribution in [0.25, 0.3) is 0 Å². The second-order valence-electron chi connectivity index (χ2n) is 4.55. The predicted molar refractivity (Wildman–Crippen MR) is 67.8 cm³/mol. The van der Waals surface area contributed by atoms with Crippen molar-refractivity contribution in [2.24, 2.45) is 0 Å². The minimum Gasteiger partial charge on any atom is -0.367 e. The number of hydrogen-bond donors (Lipinski definition) is 1. The van der Waals surface area contributed by atoms with Gasteiger partial charge in [0.05, 0.1) is 11.9 Å². The number of hydrogen-bond acceptors (Lipinski definition) is 3. The molecule has 0 aliphatic carbocycles. The lowest BCUT2D eigenvalue weighted by atomic mass is 9.90. The third kappa shape index (κ3) is 2.19. The van der Waals surface area contributed by atoms with Crippen molar-refractivity contribution in [1.82, 2.24) is 10.3 Å². The molecule has 0 amide bonds. The molecule has 0 spiro atoms. The molecule has 3 nitrogen and oxygen atoms in total. The Morgan fingerprint density at radius 3 is 2.88 bits per heavy atom. The van der Waals surface area contributed by atoms with Gasteiger partial charge in [0.1, 0.15) is 0 Å². The Bertz CT molecular complexity index is 319. The van der Waals surface area contributed by atoms with Gasteiger partial charge >= 0.3 is 0 Å². The standard InChI is InChI=1S/C13H21N3/c1-3-13(4-2)11-16(9-8-15-13)12-6-5-7-14-10-12/h5-7,10,15H,3-4,8-9,11H2,1-2H3. The second kappa shape index (κ2) is 4.83. The average Bonchev–Trinajstić information content (AvgIpc) is 2.40. The Hall–Kier alpha value is -1.09. The van der Waals surface area contributed by atoms with Gasteiger partial charge in [0.2, 0.25) is 0 Å². The van der Waals surface area contributed by atoms with Crippen molar-refractivity contribution in [2.75, 3.05) is 24.5 Å². The van der Waals surface area contributed by atoms with Crippen LogP contribution in [0.4, 0.5) is 5.69 Å². The highest BCUT2D eigenvalue weighted by molar-refractivity contribution is 5.45. The smallest absolute Gasteiger partial charge is 0.0553 e. The number of anilines is 1. The number of nitrogens with zero attached hydrogens (tertiary/aromatic N) is 2. The van der Waals surface area contributed by atoms with E-state index in [-0.39, 0.29) is 5.54 Å². The van der Waals surface area contributed by atoms with E-state index in [1.807, 2.05) is 18.5 Å².